The predicted molar refractivity (Wildman–Crippen MR) is 55.7 cm³/mol. The average molecular weight is 255 g/mol. The number of phenolic OH excluding ortho intramolecular Hbond substituents is 1. The Balaban J connectivity index is 2.66. The molecule has 0 aliphatic rings. The van der Waals surface area contributed by atoms with Crippen LogP contribution in [-0.2, 0) is 0 Å². The molecule has 5 heteroatoms. The smallest absolute Gasteiger partial charge is 0.231 e. The van der Waals surface area contributed by atoms with Crippen LogP contribution in [0.15, 0.2) is 33.4 Å². The van der Waals surface area contributed by atoms with Crippen LogP contribution in [0.3, 0.4) is 0 Å². The number of nitrogens with zero attached hydrogens (tertiary/aromatic N) is 1. The fourth-order valence-electron chi connectivity index (χ4n) is 1.21. The van der Waals surface area contributed by atoms with Crippen LogP contribution < -0.4 is 5.73 Å². The molecule has 4 nitrogen and oxygen atoms in total. The molecule has 0 aliphatic heterocycles. The van der Waals surface area contributed by atoms with Gasteiger partial charge in [-0.15, -0.1) is 0 Å². The quantitative estimate of drug-likeness (QED) is 0.820. The first-order chi connectivity index (χ1) is 6.70. The van der Waals surface area contributed by atoms with E-state index in [4.69, 9.17) is 10.3 Å². The van der Waals surface area contributed by atoms with E-state index in [1.54, 1.807) is 24.3 Å². The highest BCUT2D eigenvalue weighted by Crippen LogP contribution is 2.37. The van der Waals surface area contributed by atoms with Gasteiger partial charge in [-0.2, -0.15) is 0 Å². The molecule has 1 aromatic carbocycles. The lowest BCUT2D eigenvalue weighted by Gasteiger charge is -2.01. The molecule has 2 rings (SSSR count). The summed E-state index contributed by atoms with van der Waals surface area (Å²) < 4.78 is 5.26. The van der Waals surface area contributed by atoms with Crippen LogP contribution in [0.25, 0.3) is 11.1 Å². The Morgan fingerprint density at radius 2 is 2.07 bits per heavy atom. The number of hydrogen-bond acceptors (Lipinski definition) is 4. The molecule has 0 unspecified atom stereocenters. The van der Waals surface area contributed by atoms with Gasteiger partial charge in [0.2, 0.25) is 5.88 Å². The maximum Gasteiger partial charge on any atom is 0.231 e. The molecule has 1 heterocycles. The number of nitrogens with two attached hydrogens (primary N) is 1. The Labute approximate surface area is 88.5 Å². The van der Waals surface area contributed by atoms with Gasteiger partial charge in [-0.1, -0.05) is 23.4 Å². The second kappa shape index (κ2) is 3.34. The first-order valence-electron chi connectivity index (χ1n) is 3.89. The zero-order chi connectivity index (χ0) is 10.1. The summed E-state index contributed by atoms with van der Waals surface area (Å²) in [7, 11) is 0. The van der Waals surface area contributed by atoms with Gasteiger partial charge in [-0.3, -0.25) is 0 Å². The van der Waals surface area contributed by atoms with Gasteiger partial charge in [0.15, 0.2) is 4.60 Å². The Morgan fingerprint density at radius 1 is 1.36 bits per heavy atom. The maximum atomic E-state index is 9.59. The normalized spacial score (nSPS) is 10.4. The zero-order valence-electron chi connectivity index (χ0n) is 7.07. The fourth-order valence-corrected chi connectivity index (χ4v) is 1.69. The third kappa shape index (κ3) is 1.35. The molecule has 1 aromatic heterocycles. The number of aromatic nitrogens is 1. The largest absolute Gasteiger partial charge is 0.507 e. The van der Waals surface area contributed by atoms with Crippen LogP contribution in [0.2, 0.25) is 0 Å². The highest BCUT2D eigenvalue weighted by atomic mass is 79.9. The molecule has 0 aliphatic carbocycles. The predicted octanol–water partition coefficient (Wildman–Crippen LogP) is 2.39. The van der Waals surface area contributed by atoms with Crippen molar-refractivity contribution < 1.29 is 9.63 Å². The van der Waals surface area contributed by atoms with Gasteiger partial charge in [0.05, 0.1) is 5.56 Å². The second-order valence-electron chi connectivity index (χ2n) is 2.73. The average Bonchev–Trinajstić information content (AvgIpc) is 2.48. The molecule has 0 saturated carbocycles. The third-order valence-corrected chi connectivity index (χ3v) is 2.39. The summed E-state index contributed by atoms with van der Waals surface area (Å²) in [5.74, 6) is 0.321. The minimum atomic E-state index is 0.142. The molecule has 0 atom stereocenters. The summed E-state index contributed by atoms with van der Waals surface area (Å²) in [5, 5.41) is 13.2. The third-order valence-electron chi connectivity index (χ3n) is 1.85. The van der Waals surface area contributed by atoms with Gasteiger partial charge >= 0.3 is 0 Å². The monoisotopic (exact) mass is 254 g/mol. The van der Waals surface area contributed by atoms with E-state index < -0.39 is 0 Å². The number of para-hydroxylation sites is 1. The van der Waals surface area contributed by atoms with Crippen LogP contribution >= 0.6 is 15.9 Å². The molecular weight excluding hydrogens is 248 g/mol. The van der Waals surface area contributed by atoms with Crippen molar-refractivity contribution in [2.24, 2.45) is 0 Å². The van der Waals surface area contributed by atoms with Crippen LogP contribution in [0, 0.1) is 0 Å². The van der Waals surface area contributed by atoms with Gasteiger partial charge in [0, 0.05) is 5.56 Å². The molecule has 2 aromatic rings. The zero-order valence-corrected chi connectivity index (χ0v) is 8.65. The summed E-state index contributed by atoms with van der Waals surface area (Å²) in [4.78, 5) is 0. The van der Waals surface area contributed by atoms with E-state index in [1.165, 1.54) is 0 Å². The number of aromatic hydroxyl groups is 1. The molecule has 72 valence electrons. The highest BCUT2D eigenvalue weighted by Gasteiger charge is 2.15. The van der Waals surface area contributed by atoms with E-state index in [0.29, 0.717) is 15.7 Å². The van der Waals surface area contributed by atoms with E-state index in [0.717, 1.165) is 0 Å². The molecule has 14 heavy (non-hydrogen) atoms. The van der Waals surface area contributed by atoms with Crippen LogP contribution in [0.4, 0.5) is 5.88 Å². The first-order valence-corrected chi connectivity index (χ1v) is 4.68. The second-order valence-corrected chi connectivity index (χ2v) is 3.48. The molecule has 0 saturated heterocycles. The summed E-state index contributed by atoms with van der Waals surface area (Å²) in [5.41, 5.74) is 6.74. The number of halogens is 1. The number of phenols is 1. The Bertz CT molecular complexity index is 448. The van der Waals surface area contributed by atoms with Crippen molar-refractivity contribution in [2.75, 3.05) is 5.73 Å². The van der Waals surface area contributed by atoms with Gasteiger partial charge in [-0.25, -0.2) is 0 Å². The minimum absolute atomic E-state index is 0.142. The van der Waals surface area contributed by atoms with Gasteiger partial charge < -0.3 is 15.4 Å². The first kappa shape index (κ1) is 9.08. The van der Waals surface area contributed by atoms with E-state index in [-0.39, 0.29) is 11.6 Å². The lowest BCUT2D eigenvalue weighted by molar-refractivity contribution is 0.432. The Hall–Kier alpha value is -1.49. The van der Waals surface area contributed by atoms with Crippen molar-refractivity contribution in [3.05, 3.63) is 28.9 Å². The number of nitrogen functional groups attached to an aromatic ring is 1. The molecule has 0 amide bonds. The number of benzene rings is 1. The lowest BCUT2D eigenvalue weighted by Crippen LogP contribution is -1.85. The highest BCUT2D eigenvalue weighted by molar-refractivity contribution is 9.10. The standard InChI is InChI=1S/C9H7BrN2O2/c10-8-7(9(11)14-12-8)5-3-1-2-4-6(5)13/h1-4,13H,11H2. The Morgan fingerprint density at radius 3 is 2.64 bits per heavy atom. The van der Waals surface area contributed by atoms with E-state index in [9.17, 15) is 5.11 Å². The van der Waals surface area contributed by atoms with Gasteiger partial charge in [0.1, 0.15) is 5.75 Å². The SMILES string of the molecule is Nc1onc(Br)c1-c1ccccc1O. The molecule has 3 N–H and O–H groups in total. The molecule has 0 radical (unpaired) electrons. The molecular formula is C9H7BrN2O2. The van der Waals surface area contributed by atoms with E-state index in [2.05, 4.69) is 21.1 Å². The summed E-state index contributed by atoms with van der Waals surface area (Å²) in [6, 6.07) is 6.85. The molecule has 0 spiro atoms. The van der Waals surface area contributed by atoms with E-state index >= 15 is 0 Å². The Kier molecular flexibility index (Phi) is 2.17. The van der Waals surface area contributed by atoms with Crippen molar-refractivity contribution in [1.82, 2.24) is 5.16 Å². The van der Waals surface area contributed by atoms with E-state index in [1.807, 2.05) is 0 Å². The summed E-state index contributed by atoms with van der Waals surface area (Å²) >= 11 is 3.19. The van der Waals surface area contributed by atoms with Crippen molar-refractivity contribution >= 4 is 21.8 Å². The van der Waals surface area contributed by atoms with Gasteiger partial charge in [-0.05, 0) is 22.0 Å². The van der Waals surface area contributed by atoms with Crippen molar-refractivity contribution in [3.63, 3.8) is 0 Å². The summed E-state index contributed by atoms with van der Waals surface area (Å²) in [6.07, 6.45) is 0. The van der Waals surface area contributed by atoms with Gasteiger partial charge in [0.25, 0.3) is 0 Å². The number of hydrogen-bond donors (Lipinski definition) is 2. The number of anilines is 1. The van der Waals surface area contributed by atoms with Crippen molar-refractivity contribution in [1.29, 1.82) is 0 Å². The van der Waals surface area contributed by atoms with Crippen LogP contribution in [0.1, 0.15) is 0 Å². The topological polar surface area (TPSA) is 72.3 Å². The minimum Gasteiger partial charge on any atom is -0.507 e. The summed E-state index contributed by atoms with van der Waals surface area (Å²) in [6.45, 7) is 0. The van der Waals surface area contributed by atoms with Crippen LogP contribution in [-0.4, -0.2) is 10.3 Å². The fraction of sp³-hybridized carbons (Fsp3) is 0. The van der Waals surface area contributed by atoms with Crippen molar-refractivity contribution in [3.8, 4) is 16.9 Å². The molecule has 0 bridgehead atoms. The maximum absolute atomic E-state index is 9.59. The molecule has 0 fully saturated rings. The lowest BCUT2D eigenvalue weighted by atomic mass is 10.1. The van der Waals surface area contributed by atoms with Crippen LogP contribution in [0.5, 0.6) is 5.75 Å². The van der Waals surface area contributed by atoms with Crippen molar-refractivity contribution in [2.45, 2.75) is 0 Å². The number of rotatable bonds is 1.